The van der Waals surface area contributed by atoms with Crippen LogP contribution in [0.5, 0.6) is 0 Å². The molecular weight excluding hydrogens is 442 g/mol. The summed E-state index contributed by atoms with van der Waals surface area (Å²) in [6, 6.07) is 8.07. The number of nitrogens with one attached hydrogen (secondary N) is 1. The van der Waals surface area contributed by atoms with Gasteiger partial charge in [-0.25, -0.2) is 0 Å². The van der Waals surface area contributed by atoms with Gasteiger partial charge in [-0.3, -0.25) is 9.59 Å². The third-order valence-corrected chi connectivity index (χ3v) is 6.69. The van der Waals surface area contributed by atoms with E-state index >= 15 is 0 Å². The molecule has 0 radical (unpaired) electrons. The average Bonchev–Trinajstić information content (AvgIpc) is 2.78. The van der Waals surface area contributed by atoms with Crippen LogP contribution in [0.15, 0.2) is 24.3 Å². The van der Waals surface area contributed by atoms with Gasteiger partial charge >= 0.3 is 0 Å². The van der Waals surface area contributed by atoms with Crippen molar-refractivity contribution in [1.82, 2.24) is 5.32 Å². The Morgan fingerprint density at radius 3 is 2.00 bits per heavy atom. The molecule has 0 aliphatic heterocycles. The molecule has 1 aromatic rings. The number of benzene rings is 1. The molecule has 6 nitrogen and oxygen atoms in total. The average molecular weight is 492 g/mol. The summed E-state index contributed by atoms with van der Waals surface area (Å²) in [7, 11) is 0. The van der Waals surface area contributed by atoms with Gasteiger partial charge in [-0.05, 0) is 40.7 Å². The van der Waals surface area contributed by atoms with E-state index in [1.165, 1.54) is 0 Å². The van der Waals surface area contributed by atoms with Gasteiger partial charge in [0.2, 0.25) is 5.91 Å². The van der Waals surface area contributed by atoms with Crippen molar-refractivity contribution in [3.8, 4) is 0 Å². The molecule has 0 saturated heterocycles. The van der Waals surface area contributed by atoms with Crippen molar-refractivity contribution in [1.29, 1.82) is 0 Å². The second-order valence-electron chi connectivity index (χ2n) is 11.4. The van der Waals surface area contributed by atoms with Gasteiger partial charge in [-0.1, -0.05) is 72.7 Å². The molecule has 35 heavy (non-hydrogen) atoms. The zero-order chi connectivity index (χ0) is 26.3. The highest BCUT2D eigenvalue weighted by molar-refractivity contribution is 5.78. The van der Waals surface area contributed by atoms with E-state index in [1.54, 1.807) is 0 Å². The summed E-state index contributed by atoms with van der Waals surface area (Å²) in [5.41, 5.74) is 2.48. The van der Waals surface area contributed by atoms with Crippen molar-refractivity contribution < 1.29 is 23.8 Å². The van der Waals surface area contributed by atoms with Gasteiger partial charge in [0, 0.05) is 26.0 Å². The van der Waals surface area contributed by atoms with Crippen LogP contribution in [0.1, 0.15) is 78.9 Å². The Bertz CT molecular complexity index is 734. The first-order chi connectivity index (χ1) is 16.4. The van der Waals surface area contributed by atoms with E-state index in [4.69, 9.17) is 14.2 Å². The Kier molecular flexibility index (Phi) is 14.4. The maximum atomic E-state index is 12.4. The van der Waals surface area contributed by atoms with Crippen LogP contribution in [0, 0.1) is 16.7 Å². The Hall–Kier alpha value is -1.76. The van der Waals surface area contributed by atoms with Crippen molar-refractivity contribution in [2.24, 2.45) is 16.7 Å². The number of hydrogen-bond acceptors (Lipinski definition) is 5. The third-order valence-electron chi connectivity index (χ3n) is 6.69. The Morgan fingerprint density at radius 2 is 1.40 bits per heavy atom. The molecule has 0 unspecified atom stereocenters. The van der Waals surface area contributed by atoms with Crippen LogP contribution in [0.3, 0.4) is 0 Å². The van der Waals surface area contributed by atoms with Crippen molar-refractivity contribution in [2.45, 2.75) is 80.7 Å². The fourth-order valence-electron chi connectivity index (χ4n) is 3.13. The van der Waals surface area contributed by atoms with E-state index in [0.29, 0.717) is 57.5 Å². The summed E-state index contributed by atoms with van der Waals surface area (Å²) in [6.45, 7) is 18.5. The number of aryl methyl sites for hydroxylation is 1. The first kappa shape index (κ1) is 31.3. The number of carbonyl (C=O) groups is 2. The largest absolute Gasteiger partial charge is 0.379 e. The zero-order valence-electron chi connectivity index (χ0n) is 23.2. The van der Waals surface area contributed by atoms with E-state index in [0.717, 1.165) is 30.6 Å². The quantitative estimate of drug-likeness (QED) is 0.280. The lowest BCUT2D eigenvalue weighted by molar-refractivity contribution is -0.126. The number of ether oxygens (including phenoxy) is 3. The van der Waals surface area contributed by atoms with Crippen LogP contribution in [-0.4, -0.2) is 51.3 Å². The highest BCUT2D eigenvalue weighted by Gasteiger charge is 2.32. The van der Waals surface area contributed by atoms with Crippen molar-refractivity contribution >= 4 is 11.7 Å². The lowest BCUT2D eigenvalue weighted by Gasteiger charge is -2.39. The molecule has 0 aromatic heterocycles. The Labute approximate surface area is 213 Å². The zero-order valence-corrected chi connectivity index (χ0v) is 23.2. The molecule has 6 heteroatoms. The number of hydrogen-bond donors (Lipinski definition) is 1. The molecule has 0 aliphatic rings. The molecule has 0 heterocycles. The van der Waals surface area contributed by atoms with Gasteiger partial charge in [0.15, 0.2) is 0 Å². The minimum absolute atomic E-state index is 0.0133. The van der Waals surface area contributed by atoms with Crippen LogP contribution in [0.25, 0.3) is 0 Å². The molecule has 1 N–H and O–H groups in total. The topological polar surface area (TPSA) is 73.9 Å². The summed E-state index contributed by atoms with van der Waals surface area (Å²) in [5, 5.41) is 2.86. The van der Waals surface area contributed by atoms with Crippen LogP contribution in [0.4, 0.5) is 0 Å². The van der Waals surface area contributed by atoms with Crippen LogP contribution >= 0.6 is 0 Å². The molecule has 1 aromatic carbocycles. The summed E-state index contributed by atoms with van der Waals surface area (Å²) >= 11 is 0. The number of rotatable bonds is 18. The fraction of sp³-hybridized carbons (Fsp3) is 0.724. The first-order valence-corrected chi connectivity index (χ1v) is 13.0. The molecule has 1 amide bonds. The summed E-state index contributed by atoms with van der Waals surface area (Å²) < 4.78 is 16.2. The van der Waals surface area contributed by atoms with E-state index in [2.05, 4.69) is 53.8 Å². The molecular formula is C29H49NO5. The standard InChI is InChI=1S/C29H49NO5/c1-23(2)21-34-18-16-33-17-19-35-22-27(32)30-20-25-10-8-24(9-11-25)12-13-26(31)14-15-29(6,7)28(3,4)5/h8-11,23H,12-22H2,1-7H3,(H,30,32). The van der Waals surface area contributed by atoms with E-state index < -0.39 is 0 Å². The van der Waals surface area contributed by atoms with Crippen molar-refractivity contribution in [2.75, 3.05) is 39.6 Å². The summed E-state index contributed by atoms with van der Waals surface area (Å²) in [6.07, 6.45) is 2.87. The molecule has 0 aliphatic carbocycles. The van der Waals surface area contributed by atoms with Gasteiger partial charge in [0.25, 0.3) is 0 Å². The maximum absolute atomic E-state index is 12.4. The third kappa shape index (κ3) is 14.4. The molecule has 0 atom stereocenters. The summed E-state index contributed by atoms with van der Waals surface area (Å²) in [4.78, 5) is 24.3. The number of amides is 1. The maximum Gasteiger partial charge on any atom is 0.246 e. The molecule has 0 fully saturated rings. The lowest BCUT2D eigenvalue weighted by atomic mass is 9.66. The van der Waals surface area contributed by atoms with E-state index in [1.807, 2.05) is 24.3 Å². The highest BCUT2D eigenvalue weighted by atomic mass is 16.5. The molecule has 0 saturated carbocycles. The highest BCUT2D eigenvalue weighted by Crippen LogP contribution is 2.41. The lowest BCUT2D eigenvalue weighted by Crippen LogP contribution is -2.30. The van der Waals surface area contributed by atoms with Crippen LogP contribution in [0.2, 0.25) is 0 Å². The molecule has 1 rings (SSSR count). The smallest absolute Gasteiger partial charge is 0.246 e. The molecule has 0 bridgehead atoms. The summed E-state index contributed by atoms with van der Waals surface area (Å²) in [5.74, 6) is 0.688. The minimum atomic E-state index is -0.155. The number of ketones is 1. The monoisotopic (exact) mass is 491 g/mol. The van der Waals surface area contributed by atoms with Gasteiger partial charge in [-0.2, -0.15) is 0 Å². The first-order valence-electron chi connectivity index (χ1n) is 13.0. The predicted octanol–water partition coefficient (Wildman–Crippen LogP) is 5.36. The van der Waals surface area contributed by atoms with Crippen LogP contribution in [-0.2, 0) is 36.8 Å². The van der Waals surface area contributed by atoms with E-state index in [9.17, 15) is 9.59 Å². The van der Waals surface area contributed by atoms with Crippen molar-refractivity contribution in [3.63, 3.8) is 0 Å². The van der Waals surface area contributed by atoms with E-state index in [-0.39, 0.29) is 23.3 Å². The van der Waals surface area contributed by atoms with Gasteiger partial charge in [0.1, 0.15) is 12.4 Å². The number of carbonyl (C=O) groups excluding carboxylic acids is 2. The second kappa shape index (κ2) is 16.1. The predicted molar refractivity (Wildman–Crippen MR) is 141 cm³/mol. The van der Waals surface area contributed by atoms with Crippen LogP contribution < -0.4 is 5.32 Å². The molecule has 0 spiro atoms. The Morgan fingerprint density at radius 1 is 0.829 bits per heavy atom. The van der Waals surface area contributed by atoms with Gasteiger partial charge < -0.3 is 19.5 Å². The van der Waals surface area contributed by atoms with Crippen molar-refractivity contribution in [3.05, 3.63) is 35.4 Å². The minimum Gasteiger partial charge on any atom is -0.379 e. The number of Topliss-reactive ketones (excluding diaryl/α,β-unsaturated/α-hetero) is 1. The normalized spacial score (nSPS) is 12.2. The molecule has 200 valence electrons. The Balaban J connectivity index is 2.16. The fourth-order valence-corrected chi connectivity index (χ4v) is 3.13. The van der Waals surface area contributed by atoms with Gasteiger partial charge in [-0.15, -0.1) is 0 Å². The SMILES string of the molecule is CC(C)COCCOCCOCC(=O)NCc1ccc(CCC(=O)CCC(C)(C)C(C)(C)C)cc1. The van der Waals surface area contributed by atoms with Gasteiger partial charge in [0.05, 0.1) is 26.4 Å². The second-order valence-corrected chi connectivity index (χ2v) is 11.4.